The van der Waals surface area contributed by atoms with Crippen LogP contribution in [0.5, 0.6) is 0 Å². The Morgan fingerprint density at radius 2 is 1.85 bits per heavy atom. The molecule has 6 heteroatoms. The summed E-state index contributed by atoms with van der Waals surface area (Å²) in [4.78, 5) is 13.2. The number of fused-ring (bicyclic) bond motifs is 3. The number of carbonyl (C=O) groups is 1. The molecule has 184 valence electrons. The molecule has 0 radical (unpaired) electrons. The number of rotatable bonds is 3. The lowest BCUT2D eigenvalue weighted by Gasteiger charge is -2.52. The number of esters is 1. The number of hydrogen-bond acceptors (Lipinski definition) is 6. The van der Waals surface area contributed by atoms with E-state index in [1.807, 2.05) is 32.1 Å². The lowest BCUT2D eigenvalue weighted by molar-refractivity contribution is -0.215. The van der Waals surface area contributed by atoms with E-state index in [0.717, 1.165) is 12.0 Å². The number of benzene rings is 1. The van der Waals surface area contributed by atoms with E-state index in [1.54, 1.807) is 25.1 Å². The molecule has 1 spiro atoms. The SMILES string of the molecule is CC1=CC23C(C)CC4C(C(C=C(CO)C(O)C2(O)C1OC(=O)c1ccccc1C)C3O)C4(C)C. The molecule has 4 aliphatic carbocycles. The van der Waals surface area contributed by atoms with Gasteiger partial charge >= 0.3 is 5.97 Å². The zero-order valence-electron chi connectivity index (χ0n) is 20.5. The fourth-order valence-corrected chi connectivity index (χ4v) is 7.88. The molecule has 4 aliphatic rings. The molecule has 34 heavy (non-hydrogen) atoms. The molecule has 0 saturated heterocycles. The number of aliphatic hydroxyl groups is 4. The van der Waals surface area contributed by atoms with Crippen LogP contribution in [0, 0.1) is 41.4 Å². The Balaban J connectivity index is 1.64. The molecule has 0 amide bonds. The molecule has 5 rings (SSSR count). The normalized spacial score (nSPS) is 44.1. The Bertz CT molecular complexity index is 1090. The van der Waals surface area contributed by atoms with Gasteiger partial charge in [-0.15, -0.1) is 0 Å². The number of aryl methyl sites for hydroxylation is 1. The van der Waals surface area contributed by atoms with Gasteiger partial charge in [-0.05, 0) is 66.2 Å². The number of aliphatic hydroxyl groups excluding tert-OH is 3. The van der Waals surface area contributed by atoms with E-state index in [0.29, 0.717) is 17.1 Å². The molecule has 9 unspecified atom stereocenters. The average Bonchev–Trinajstić information content (AvgIpc) is 3.28. The first-order valence-corrected chi connectivity index (χ1v) is 12.3. The standard InChI is InChI=1S/C28H36O6/c1-14-8-6-7-9-18(14)25(32)34-24-15(2)12-27-16(3)10-20-21(26(20,4)5)19(23(27)31)11-17(13-29)22(30)28(24,27)33/h6-9,11-12,16,19-24,29-31,33H,10,13H2,1-5H3. The number of ether oxygens (including phenoxy) is 1. The molecule has 4 N–H and O–H groups in total. The molecule has 2 bridgehead atoms. The zero-order chi connectivity index (χ0) is 24.8. The molecule has 0 aromatic heterocycles. The minimum absolute atomic E-state index is 0.0278. The minimum atomic E-state index is -2.02. The van der Waals surface area contributed by atoms with Gasteiger partial charge in [0.2, 0.25) is 0 Å². The highest BCUT2D eigenvalue weighted by molar-refractivity contribution is 5.91. The second-order valence-electron chi connectivity index (χ2n) is 11.7. The summed E-state index contributed by atoms with van der Waals surface area (Å²) >= 11 is 0. The van der Waals surface area contributed by atoms with Crippen molar-refractivity contribution in [1.29, 1.82) is 0 Å². The summed E-state index contributed by atoms with van der Waals surface area (Å²) in [5.41, 5.74) is -1.22. The van der Waals surface area contributed by atoms with Gasteiger partial charge in [-0.2, -0.15) is 0 Å². The van der Waals surface area contributed by atoms with Crippen molar-refractivity contribution in [1.82, 2.24) is 0 Å². The third kappa shape index (κ3) is 2.80. The molecule has 6 nitrogen and oxygen atoms in total. The molecule has 0 heterocycles. The van der Waals surface area contributed by atoms with Gasteiger partial charge in [-0.1, -0.05) is 51.1 Å². The number of carbonyl (C=O) groups excluding carboxylic acids is 1. The Kier molecular flexibility index (Phi) is 5.24. The van der Waals surface area contributed by atoms with Crippen LogP contribution in [0.4, 0.5) is 0 Å². The van der Waals surface area contributed by atoms with Crippen LogP contribution >= 0.6 is 0 Å². The Hall–Kier alpha value is -1.99. The lowest BCUT2D eigenvalue weighted by Crippen LogP contribution is -2.66. The fourth-order valence-electron chi connectivity index (χ4n) is 7.88. The van der Waals surface area contributed by atoms with E-state index in [2.05, 4.69) is 13.8 Å². The fraction of sp³-hybridized carbons (Fsp3) is 0.607. The third-order valence-electron chi connectivity index (χ3n) is 9.75. The van der Waals surface area contributed by atoms with Crippen molar-refractivity contribution >= 4 is 5.97 Å². The van der Waals surface area contributed by atoms with Gasteiger partial charge < -0.3 is 25.2 Å². The van der Waals surface area contributed by atoms with Gasteiger partial charge in [0.1, 0.15) is 11.7 Å². The van der Waals surface area contributed by atoms with Crippen LogP contribution in [-0.2, 0) is 4.74 Å². The lowest BCUT2D eigenvalue weighted by atomic mass is 9.58. The minimum Gasteiger partial charge on any atom is -0.451 e. The predicted molar refractivity (Wildman–Crippen MR) is 127 cm³/mol. The van der Waals surface area contributed by atoms with Crippen LogP contribution in [0.3, 0.4) is 0 Å². The Morgan fingerprint density at radius 1 is 1.18 bits per heavy atom. The van der Waals surface area contributed by atoms with E-state index >= 15 is 0 Å². The zero-order valence-corrected chi connectivity index (χ0v) is 20.5. The van der Waals surface area contributed by atoms with Crippen LogP contribution < -0.4 is 0 Å². The first-order chi connectivity index (χ1) is 15.9. The maximum Gasteiger partial charge on any atom is 0.339 e. The van der Waals surface area contributed by atoms with Crippen molar-refractivity contribution < 1.29 is 30.0 Å². The van der Waals surface area contributed by atoms with Crippen LogP contribution in [0.1, 0.15) is 50.0 Å². The predicted octanol–water partition coefficient (Wildman–Crippen LogP) is 2.78. The van der Waals surface area contributed by atoms with Crippen LogP contribution in [-0.4, -0.2) is 56.9 Å². The summed E-state index contributed by atoms with van der Waals surface area (Å²) in [6.07, 6.45) is 0.746. The third-order valence-corrected chi connectivity index (χ3v) is 9.75. The number of hydrogen-bond donors (Lipinski definition) is 4. The maximum absolute atomic E-state index is 13.2. The first kappa shape index (κ1) is 23.7. The van der Waals surface area contributed by atoms with Crippen molar-refractivity contribution in [2.75, 3.05) is 6.61 Å². The Morgan fingerprint density at radius 3 is 2.50 bits per heavy atom. The van der Waals surface area contributed by atoms with Gasteiger partial charge in [-0.25, -0.2) is 4.79 Å². The molecule has 1 aromatic carbocycles. The van der Waals surface area contributed by atoms with Crippen molar-refractivity contribution in [3.63, 3.8) is 0 Å². The summed E-state index contributed by atoms with van der Waals surface area (Å²) in [5, 5.41) is 46.2. The summed E-state index contributed by atoms with van der Waals surface area (Å²) in [7, 11) is 0. The van der Waals surface area contributed by atoms with E-state index in [-0.39, 0.29) is 28.7 Å². The topological polar surface area (TPSA) is 107 Å². The highest BCUT2D eigenvalue weighted by atomic mass is 16.6. The van der Waals surface area contributed by atoms with Gasteiger partial charge in [0.05, 0.1) is 23.7 Å². The van der Waals surface area contributed by atoms with E-state index in [4.69, 9.17) is 4.74 Å². The first-order valence-electron chi connectivity index (χ1n) is 12.3. The van der Waals surface area contributed by atoms with Crippen LogP contribution in [0.15, 0.2) is 47.6 Å². The molecular weight excluding hydrogens is 432 g/mol. The smallest absolute Gasteiger partial charge is 0.339 e. The highest BCUT2D eigenvalue weighted by Crippen LogP contribution is 2.72. The molecule has 0 aliphatic heterocycles. The van der Waals surface area contributed by atoms with Crippen molar-refractivity contribution in [3.05, 3.63) is 58.7 Å². The summed E-state index contributed by atoms with van der Waals surface area (Å²) in [5.74, 6) is -0.568. The molecule has 1 aromatic rings. The van der Waals surface area contributed by atoms with Gasteiger partial charge in [-0.3, -0.25) is 0 Å². The van der Waals surface area contributed by atoms with Gasteiger partial charge in [0, 0.05) is 5.92 Å². The second-order valence-corrected chi connectivity index (χ2v) is 11.7. The van der Waals surface area contributed by atoms with Crippen molar-refractivity contribution in [3.8, 4) is 0 Å². The monoisotopic (exact) mass is 468 g/mol. The second kappa shape index (κ2) is 7.50. The van der Waals surface area contributed by atoms with Gasteiger partial charge in [0.25, 0.3) is 0 Å². The summed E-state index contributed by atoms with van der Waals surface area (Å²) < 4.78 is 5.95. The molecular formula is C28H36O6. The summed E-state index contributed by atoms with van der Waals surface area (Å²) in [6, 6.07) is 7.06. The van der Waals surface area contributed by atoms with Crippen LogP contribution in [0.2, 0.25) is 0 Å². The largest absolute Gasteiger partial charge is 0.451 e. The Labute approximate surface area is 201 Å². The van der Waals surface area contributed by atoms with Crippen molar-refractivity contribution in [2.24, 2.45) is 34.5 Å². The van der Waals surface area contributed by atoms with Gasteiger partial charge in [0.15, 0.2) is 6.10 Å². The molecule has 2 fully saturated rings. The van der Waals surface area contributed by atoms with E-state index < -0.39 is 41.9 Å². The average molecular weight is 469 g/mol. The molecule has 9 atom stereocenters. The highest BCUT2D eigenvalue weighted by Gasteiger charge is 2.76. The van der Waals surface area contributed by atoms with Crippen molar-refractivity contribution in [2.45, 2.75) is 65.0 Å². The van der Waals surface area contributed by atoms with E-state index in [1.165, 1.54) is 0 Å². The maximum atomic E-state index is 13.2. The quantitative estimate of drug-likeness (QED) is 0.401. The molecule has 2 saturated carbocycles. The van der Waals surface area contributed by atoms with E-state index in [9.17, 15) is 25.2 Å². The van der Waals surface area contributed by atoms with Crippen LogP contribution in [0.25, 0.3) is 0 Å². The summed E-state index contributed by atoms with van der Waals surface area (Å²) in [6.45, 7) is 9.54.